The van der Waals surface area contributed by atoms with Crippen LogP contribution in [0.5, 0.6) is 0 Å². The Morgan fingerprint density at radius 3 is 2.58 bits per heavy atom. The fourth-order valence-electron chi connectivity index (χ4n) is 4.51. The summed E-state index contributed by atoms with van der Waals surface area (Å²) in [4.78, 5) is 14.9. The van der Waals surface area contributed by atoms with Crippen molar-refractivity contribution in [1.82, 2.24) is 25.0 Å². The Hall–Kier alpha value is -1.14. The van der Waals surface area contributed by atoms with Crippen LogP contribution in [-0.4, -0.2) is 45.2 Å². The van der Waals surface area contributed by atoms with E-state index in [2.05, 4.69) is 31.9 Å². The molecule has 0 spiro atoms. The van der Waals surface area contributed by atoms with Crippen molar-refractivity contribution in [2.45, 2.75) is 64.5 Å². The van der Waals surface area contributed by atoms with Gasteiger partial charge in [-0.1, -0.05) is 19.8 Å². The maximum atomic E-state index is 12.8. The van der Waals surface area contributed by atoms with E-state index < -0.39 is 0 Å². The van der Waals surface area contributed by atoms with Gasteiger partial charge in [0.1, 0.15) is 11.6 Å². The van der Waals surface area contributed by atoms with E-state index in [9.17, 15) is 4.79 Å². The Labute approximate surface area is 149 Å². The molecular formula is C17H28ClN5O. The summed E-state index contributed by atoms with van der Waals surface area (Å²) in [7, 11) is 0. The third-order valence-corrected chi connectivity index (χ3v) is 6.02. The zero-order chi connectivity index (χ0) is 15.9. The van der Waals surface area contributed by atoms with E-state index in [1.807, 2.05) is 0 Å². The average molecular weight is 354 g/mol. The molecule has 0 radical (unpaired) electrons. The van der Waals surface area contributed by atoms with E-state index >= 15 is 0 Å². The molecule has 1 amide bonds. The zero-order valence-corrected chi connectivity index (χ0v) is 15.3. The molecule has 1 saturated carbocycles. The molecule has 7 heteroatoms. The van der Waals surface area contributed by atoms with Gasteiger partial charge in [0.2, 0.25) is 5.91 Å². The van der Waals surface area contributed by atoms with Gasteiger partial charge in [-0.05, 0) is 25.7 Å². The first-order valence-corrected chi connectivity index (χ1v) is 9.09. The number of piperidine rings is 1. The second kappa shape index (κ2) is 7.00. The van der Waals surface area contributed by atoms with Crippen LogP contribution in [0.4, 0.5) is 0 Å². The Morgan fingerprint density at radius 1 is 1.17 bits per heavy atom. The first-order valence-electron chi connectivity index (χ1n) is 9.09. The number of halogens is 1. The van der Waals surface area contributed by atoms with Crippen molar-refractivity contribution in [3.63, 3.8) is 0 Å². The summed E-state index contributed by atoms with van der Waals surface area (Å²) in [5.74, 6) is 3.04. The monoisotopic (exact) mass is 353 g/mol. The Balaban J connectivity index is 0.00000169. The summed E-state index contributed by atoms with van der Waals surface area (Å²) >= 11 is 0. The lowest BCUT2D eigenvalue weighted by atomic mass is 9.85. The first-order chi connectivity index (χ1) is 11.2. The second-order valence-electron chi connectivity index (χ2n) is 7.64. The maximum Gasteiger partial charge on any atom is 0.228 e. The van der Waals surface area contributed by atoms with Crippen LogP contribution in [0.25, 0.3) is 0 Å². The number of carbonyl (C=O) groups is 1. The predicted molar refractivity (Wildman–Crippen MR) is 94.1 cm³/mol. The van der Waals surface area contributed by atoms with Crippen LogP contribution in [0.15, 0.2) is 0 Å². The largest absolute Gasteiger partial charge is 0.342 e. The summed E-state index contributed by atoms with van der Waals surface area (Å²) in [6.45, 7) is 6.70. The number of nitrogens with one attached hydrogen (secondary N) is 1. The van der Waals surface area contributed by atoms with E-state index in [4.69, 9.17) is 0 Å². The van der Waals surface area contributed by atoms with Crippen LogP contribution in [0, 0.1) is 5.41 Å². The molecule has 3 heterocycles. The summed E-state index contributed by atoms with van der Waals surface area (Å²) in [5.41, 5.74) is -0.0907. The molecule has 0 unspecified atom stereocenters. The number of fused-ring (bicyclic) bond motifs is 1. The van der Waals surface area contributed by atoms with Gasteiger partial charge in [-0.25, -0.2) is 0 Å². The molecule has 1 N–H and O–H groups in total. The summed E-state index contributed by atoms with van der Waals surface area (Å²) in [6.07, 6.45) is 6.59. The Morgan fingerprint density at radius 2 is 1.88 bits per heavy atom. The van der Waals surface area contributed by atoms with Crippen LogP contribution in [-0.2, 0) is 17.9 Å². The van der Waals surface area contributed by atoms with Crippen molar-refractivity contribution in [3.8, 4) is 0 Å². The van der Waals surface area contributed by atoms with Gasteiger partial charge in [-0.3, -0.25) is 4.79 Å². The van der Waals surface area contributed by atoms with Crippen molar-refractivity contribution >= 4 is 18.3 Å². The van der Waals surface area contributed by atoms with Gasteiger partial charge < -0.3 is 14.8 Å². The molecule has 24 heavy (non-hydrogen) atoms. The minimum atomic E-state index is -0.0907. The maximum absolute atomic E-state index is 12.8. The SMILES string of the molecule is CC1(C(=O)N2CCC(c3nnc4n3CCNC4)CC2)CCCC1.Cl. The molecule has 4 rings (SSSR count). The van der Waals surface area contributed by atoms with Crippen LogP contribution in [0.3, 0.4) is 0 Å². The van der Waals surface area contributed by atoms with E-state index in [1.54, 1.807) is 0 Å². The van der Waals surface area contributed by atoms with Gasteiger partial charge in [-0.2, -0.15) is 0 Å². The van der Waals surface area contributed by atoms with Gasteiger partial charge in [0.05, 0.1) is 6.54 Å². The molecule has 1 aromatic heterocycles. The quantitative estimate of drug-likeness (QED) is 0.884. The number of nitrogens with zero attached hydrogens (tertiary/aromatic N) is 4. The summed E-state index contributed by atoms with van der Waals surface area (Å²) < 4.78 is 2.29. The summed E-state index contributed by atoms with van der Waals surface area (Å²) in [6, 6.07) is 0. The van der Waals surface area contributed by atoms with E-state index in [-0.39, 0.29) is 17.8 Å². The third-order valence-electron chi connectivity index (χ3n) is 6.02. The molecule has 1 aromatic rings. The lowest BCUT2D eigenvalue weighted by Crippen LogP contribution is -2.45. The average Bonchev–Trinajstić information content (AvgIpc) is 3.21. The number of carbonyl (C=O) groups excluding carboxylic acids is 1. The van der Waals surface area contributed by atoms with Crippen LogP contribution in [0.2, 0.25) is 0 Å². The van der Waals surface area contributed by atoms with Gasteiger partial charge in [0.15, 0.2) is 0 Å². The Bertz CT molecular complexity index is 588. The highest BCUT2D eigenvalue weighted by molar-refractivity contribution is 5.85. The van der Waals surface area contributed by atoms with Crippen molar-refractivity contribution in [2.75, 3.05) is 19.6 Å². The molecule has 6 nitrogen and oxygen atoms in total. The summed E-state index contributed by atoms with van der Waals surface area (Å²) in [5, 5.41) is 12.1. The molecule has 0 atom stereocenters. The van der Waals surface area contributed by atoms with Crippen molar-refractivity contribution in [1.29, 1.82) is 0 Å². The van der Waals surface area contributed by atoms with E-state index in [0.717, 1.165) is 70.1 Å². The highest BCUT2D eigenvalue weighted by Crippen LogP contribution is 2.40. The standard InChI is InChI=1S/C17H27N5O.ClH/c1-17(6-2-3-7-17)16(23)21-9-4-13(5-10-21)15-20-19-14-12-18-8-11-22(14)15;/h13,18H,2-12H2,1H3;1H. The van der Waals surface area contributed by atoms with Crippen molar-refractivity contribution in [3.05, 3.63) is 11.6 Å². The van der Waals surface area contributed by atoms with E-state index in [1.165, 1.54) is 12.8 Å². The number of hydrogen-bond acceptors (Lipinski definition) is 4. The van der Waals surface area contributed by atoms with Crippen LogP contribution >= 0.6 is 12.4 Å². The lowest BCUT2D eigenvalue weighted by Gasteiger charge is -2.37. The van der Waals surface area contributed by atoms with Crippen molar-refractivity contribution in [2.24, 2.45) is 5.41 Å². The fraction of sp³-hybridized carbons (Fsp3) is 0.824. The minimum Gasteiger partial charge on any atom is -0.342 e. The predicted octanol–water partition coefficient (Wildman–Crippen LogP) is 2.09. The fourth-order valence-corrected chi connectivity index (χ4v) is 4.51. The molecule has 134 valence electrons. The van der Waals surface area contributed by atoms with Crippen molar-refractivity contribution < 1.29 is 4.79 Å². The van der Waals surface area contributed by atoms with Gasteiger partial charge in [0.25, 0.3) is 0 Å². The van der Waals surface area contributed by atoms with Crippen LogP contribution < -0.4 is 5.32 Å². The first kappa shape index (κ1) is 17.7. The normalized spacial score (nSPS) is 23.6. The number of rotatable bonds is 2. The topological polar surface area (TPSA) is 63.1 Å². The molecule has 1 saturated heterocycles. The molecular weight excluding hydrogens is 326 g/mol. The van der Waals surface area contributed by atoms with Crippen LogP contribution in [0.1, 0.15) is 63.0 Å². The number of aromatic nitrogens is 3. The molecule has 1 aliphatic carbocycles. The number of hydrogen-bond donors (Lipinski definition) is 1. The minimum absolute atomic E-state index is 0. The third kappa shape index (κ3) is 3.06. The van der Waals surface area contributed by atoms with Gasteiger partial charge in [-0.15, -0.1) is 22.6 Å². The van der Waals surface area contributed by atoms with Gasteiger partial charge >= 0.3 is 0 Å². The number of likely N-dealkylation sites (tertiary alicyclic amines) is 1. The Kier molecular flexibility index (Phi) is 5.16. The lowest BCUT2D eigenvalue weighted by molar-refractivity contribution is -0.142. The molecule has 0 aromatic carbocycles. The smallest absolute Gasteiger partial charge is 0.228 e. The second-order valence-corrected chi connectivity index (χ2v) is 7.64. The molecule has 0 bridgehead atoms. The highest BCUT2D eigenvalue weighted by atomic mass is 35.5. The van der Waals surface area contributed by atoms with Gasteiger partial charge in [0, 0.05) is 37.5 Å². The highest BCUT2D eigenvalue weighted by Gasteiger charge is 2.40. The molecule has 2 fully saturated rings. The molecule has 2 aliphatic heterocycles. The number of amides is 1. The zero-order valence-electron chi connectivity index (χ0n) is 14.5. The van der Waals surface area contributed by atoms with E-state index in [0.29, 0.717) is 11.8 Å². The molecule has 3 aliphatic rings.